The SMILES string of the molecule is O=C(NC1CCCC1C(=O)O)c1ccoc1. The van der Waals surface area contributed by atoms with Gasteiger partial charge >= 0.3 is 5.97 Å². The van der Waals surface area contributed by atoms with Crippen molar-refractivity contribution in [3.8, 4) is 0 Å². The Balaban J connectivity index is 1.99. The van der Waals surface area contributed by atoms with Gasteiger partial charge in [-0.25, -0.2) is 0 Å². The summed E-state index contributed by atoms with van der Waals surface area (Å²) in [4.78, 5) is 22.6. The highest BCUT2D eigenvalue weighted by molar-refractivity contribution is 5.94. The number of rotatable bonds is 3. The Morgan fingerprint density at radius 2 is 2.25 bits per heavy atom. The van der Waals surface area contributed by atoms with Crippen molar-refractivity contribution < 1.29 is 19.1 Å². The summed E-state index contributed by atoms with van der Waals surface area (Å²) in [6, 6.07) is 1.29. The number of nitrogens with one attached hydrogen (secondary N) is 1. The Kier molecular flexibility index (Phi) is 2.94. The van der Waals surface area contributed by atoms with Crippen molar-refractivity contribution in [2.45, 2.75) is 25.3 Å². The summed E-state index contributed by atoms with van der Waals surface area (Å²) >= 11 is 0. The molecule has 2 unspecified atom stereocenters. The van der Waals surface area contributed by atoms with Gasteiger partial charge in [-0.1, -0.05) is 6.42 Å². The first-order valence-corrected chi connectivity index (χ1v) is 5.24. The molecule has 2 atom stereocenters. The second kappa shape index (κ2) is 4.38. The van der Waals surface area contributed by atoms with Crippen LogP contribution in [0.15, 0.2) is 23.0 Å². The van der Waals surface area contributed by atoms with E-state index < -0.39 is 11.9 Å². The van der Waals surface area contributed by atoms with Gasteiger partial charge in [-0.05, 0) is 18.9 Å². The van der Waals surface area contributed by atoms with Gasteiger partial charge in [0.05, 0.1) is 17.7 Å². The predicted octanol–water partition coefficient (Wildman–Crippen LogP) is 1.26. The highest BCUT2D eigenvalue weighted by atomic mass is 16.4. The van der Waals surface area contributed by atoms with Crippen LogP contribution in [0, 0.1) is 5.92 Å². The number of carboxylic acids is 1. The van der Waals surface area contributed by atoms with Crippen LogP contribution in [0.1, 0.15) is 29.6 Å². The molecule has 1 saturated carbocycles. The lowest BCUT2D eigenvalue weighted by molar-refractivity contribution is -0.142. The third-order valence-corrected chi connectivity index (χ3v) is 2.93. The lowest BCUT2D eigenvalue weighted by Gasteiger charge is -2.16. The van der Waals surface area contributed by atoms with E-state index in [9.17, 15) is 9.59 Å². The fourth-order valence-electron chi connectivity index (χ4n) is 2.07. The maximum atomic E-state index is 11.7. The van der Waals surface area contributed by atoms with Crippen LogP contribution in [0.5, 0.6) is 0 Å². The van der Waals surface area contributed by atoms with E-state index in [2.05, 4.69) is 5.32 Å². The van der Waals surface area contributed by atoms with Gasteiger partial charge < -0.3 is 14.8 Å². The molecule has 1 aromatic rings. The van der Waals surface area contributed by atoms with Crippen LogP contribution in [-0.4, -0.2) is 23.0 Å². The summed E-state index contributed by atoms with van der Waals surface area (Å²) in [6.45, 7) is 0. The molecule has 1 aromatic heterocycles. The molecule has 1 aliphatic carbocycles. The topological polar surface area (TPSA) is 79.5 Å². The molecular weight excluding hydrogens is 210 g/mol. The summed E-state index contributed by atoms with van der Waals surface area (Å²) < 4.78 is 4.80. The van der Waals surface area contributed by atoms with Crippen molar-refractivity contribution in [1.29, 1.82) is 0 Å². The van der Waals surface area contributed by atoms with Crippen LogP contribution in [-0.2, 0) is 4.79 Å². The molecule has 86 valence electrons. The Bertz CT molecular complexity index is 385. The minimum Gasteiger partial charge on any atom is -0.481 e. The smallest absolute Gasteiger partial charge is 0.308 e. The second-order valence-electron chi connectivity index (χ2n) is 3.97. The monoisotopic (exact) mass is 223 g/mol. The number of hydrogen-bond donors (Lipinski definition) is 2. The molecule has 0 aliphatic heterocycles. The van der Waals surface area contributed by atoms with Gasteiger partial charge in [0.15, 0.2) is 0 Å². The van der Waals surface area contributed by atoms with E-state index in [-0.39, 0.29) is 11.9 Å². The van der Waals surface area contributed by atoms with Gasteiger partial charge in [-0.3, -0.25) is 9.59 Å². The predicted molar refractivity (Wildman–Crippen MR) is 54.9 cm³/mol. The number of carbonyl (C=O) groups excluding carboxylic acids is 1. The lowest BCUT2D eigenvalue weighted by atomic mass is 10.0. The fourth-order valence-corrected chi connectivity index (χ4v) is 2.07. The zero-order valence-corrected chi connectivity index (χ0v) is 8.68. The lowest BCUT2D eigenvalue weighted by Crippen LogP contribution is -2.40. The minimum atomic E-state index is -0.838. The van der Waals surface area contributed by atoms with E-state index in [1.165, 1.54) is 12.5 Å². The van der Waals surface area contributed by atoms with Gasteiger partial charge in [0.2, 0.25) is 0 Å². The zero-order chi connectivity index (χ0) is 11.5. The Hall–Kier alpha value is -1.78. The Labute approximate surface area is 92.4 Å². The highest BCUT2D eigenvalue weighted by Crippen LogP contribution is 2.26. The highest BCUT2D eigenvalue weighted by Gasteiger charge is 2.34. The molecule has 0 spiro atoms. The van der Waals surface area contributed by atoms with Crippen LogP contribution in [0.3, 0.4) is 0 Å². The number of amides is 1. The van der Waals surface area contributed by atoms with Crippen molar-refractivity contribution in [2.24, 2.45) is 5.92 Å². The second-order valence-corrected chi connectivity index (χ2v) is 3.97. The van der Waals surface area contributed by atoms with Gasteiger partial charge in [-0.15, -0.1) is 0 Å². The molecular formula is C11H13NO4. The summed E-state index contributed by atoms with van der Waals surface area (Å²) in [6.07, 6.45) is 4.96. The molecule has 0 aromatic carbocycles. The van der Waals surface area contributed by atoms with Crippen molar-refractivity contribution >= 4 is 11.9 Å². The zero-order valence-electron chi connectivity index (χ0n) is 8.68. The Morgan fingerprint density at radius 3 is 2.88 bits per heavy atom. The van der Waals surface area contributed by atoms with E-state index in [0.29, 0.717) is 12.0 Å². The number of hydrogen-bond acceptors (Lipinski definition) is 3. The first-order valence-electron chi connectivity index (χ1n) is 5.24. The molecule has 1 aliphatic rings. The number of furan rings is 1. The molecule has 5 heteroatoms. The summed E-state index contributed by atoms with van der Waals surface area (Å²) in [5.41, 5.74) is 0.427. The summed E-state index contributed by atoms with van der Waals surface area (Å²) in [7, 11) is 0. The van der Waals surface area contributed by atoms with Gasteiger partial charge in [0, 0.05) is 6.04 Å². The third-order valence-electron chi connectivity index (χ3n) is 2.93. The largest absolute Gasteiger partial charge is 0.481 e. The molecule has 1 amide bonds. The van der Waals surface area contributed by atoms with Crippen LogP contribution < -0.4 is 5.32 Å². The van der Waals surface area contributed by atoms with E-state index >= 15 is 0 Å². The number of carbonyl (C=O) groups is 2. The van der Waals surface area contributed by atoms with E-state index in [1.807, 2.05) is 0 Å². The van der Waals surface area contributed by atoms with Crippen molar-refractivity contribution in [2.75, 3.05) is 0 Å². The molecule has 0 bridgehead atoms. The molecule has 16 heavy (non-hydrogen) atoms. The first-order chi connectivity index (χ1) is 7.68. The molecule has 2 N–H and O–H groups in total. The molecule has 2 rings (SSSR count). The van der Waals surface area contributed by atoms with Crippen LogP contribution in [0.25, 0.3) is 0 Å². The quantitative estimate of drug-likeness (QED) is 0.808. The molecule has 5 nitrogen and oxygen atoms in total. The standard InChI is InChI=1S/C11H13NO4/c13-10(7-4-5-16-6-7)12-9-3-1-2-8(9)11(14)15/h4-6,8-9H,1-3H2,(H,12,13)(H,14,15). The first kappa shape index (κ1) is 10.7. The molecule has 0 radical (unpaired) electrons. The molecule has 0 saturated heterocycles. The van der Waals surface area contributed by atoms with E-state index in [0.717, 1.165) is 12.8 Å². The summed E-state index contributed by atoms with van der Waals surface area (Å²) in [5.74, 6) is -1.57. The fraction of sp³-hybridized carbons (Fsp3) is 0.455. The van der Waals surface area contributed by atoms with Crippen LogP contribution in [0.2, 0.25) is 0 Å². The molecule has 1 fully saturated rings. The third kappa shape index (κ3) is 2.08. The maximum Gasteiger partial charge on any atom is 0.308 e. The van der Waals surface area contributed by atoms with Crippen LogP contribution in [0.4, 0.5) is 0 Å². The number of carboxylic acid groups (broad SMARTS) is 1. The van der Waals surface area contributed by atoms with Crippen molar-refractivity contribution in [3.05, 3.63) is 24.2 Å². The van der Waals surface area contributed by atoms with Crippen LogP contribution >= 0.6 is 0 Å². The number of aliphatic carboxylic acids is 1. The van der Waals surface area contributed by atoms with Crippen molar-refractivity contribution in [3.63, 3.8) is 0 Å². The normalized spacial score (nSPS) is 24.2. The average Bonchev–Trinajstić information content (AvgIpc) is 2.86. The average molecular weight is 223 g/mol. The van der Waals surface area contributed by atoms with Gasteiger partial charge in [0.1, 0.15) is 6.26 Å². The van der Waals surface area contributed by atoms with E-state index in [4.69, 9.17) is 9.52 Å². The Morgan fingerprint density at radius 1 is 1.44 bits per heavy atom. The van der Waals surface area contributed by atoms with Gasteiger partial charge in [-0.2, -0.15) is 0 Å². The summed E-state index contributed by atoms with van der Waals surface area (Å²) in [5, 5.41) is 11.7. The van der Waals surface area contributed by atoms with Crippen molar-refractivity contribution in [1.82, 2.24) is 5.32 Å². The minimum absolute atomic E-state index is 0.264. The maximum absolute atomic E-state index is 11.7. The molecule has 1 heterocycles. The van der Waals surface area contributed by atoms with Gasteiger partial charge in [0.25, 0.3) is 5.91 Å². The van der Waals surface area contributed by atoms with E-state index in [1.54, 1.807) is 6.07 Å².